The normalized spacial score (nSPS) is 28.9. The van der Waals surface area contributed by atoms with Crippen LogP contribution in [-0.2, 0) is 10.2 Å². The van der Waals surface area contributed by atoms with Gasteiger partial charge in [-0.25, -0.2) is 8.78 Å². The van der Waals surface area contributed by atoms with Crippen LogP contribution >= 0.6 is 0 Å². The summed E-state index contributed by atoms with van der Waals surface area (Å²) in [5.41, 5.74) is -0.858. The second-order valence-electron chi connectivity index (χ2n) is 4.04. The zero-order valence-corrected chi connectivity index (χ0v) is 8.13. The number of hydrogen-bond acceptors (Lipinski definition) is 1. The number of halogens is 2. The van der Waals surface area contributed by atoms with Crippen molar-refractivity contribution in [3.05, 3.63) is 35.4 Å². The summed E-state index contributed by atoms with van der Waals surface area (Å²) < 4.78 is 25.9. The molecule has 0 amide bonds. The zero-order chi connectivity index (χ0) is 11.2. The predicted molar refractivity (Wildman–Crippen MR) is 49.5 cm³/mol. The van der Waals surface area contributed by atoms with Crippen LogP contribution in [0.5, 0.6) is 0 Å². The number of carboxylic acids is 1. The van der Waals surface area contributed by atoms with Crippen molar-refractivity contribution >= 4 is 5.97 Å². The van der Waals surface area contributed by atoms with Crippen LogP contribution in [0.3, 0.4) is 0 Å². The molecule has 0 spiro atoms. The molecule has 80 valence electrons. The molecule has 0 radical (unpaired) electrons. The first-order chi connectivity index (χ1) is 6.96. The molecule has 1 aromatic rings. The fourth-order valence-electron chi connectivity index (χ4n) is 2.06. The van der Waals surface area contributed by atoms with Crippen LogP contribution in [0.1, 0.15) is 18.9 Å². The summed E-state index contributed by atoms with van der Waals surface area (Å²) in [6.45, 7) is 1.76. The summed E-state index contributed by atoms with van der Waals surface area (Å²) in [6.07, 6.45) is 0.436. The van der Waals surface area contributed by atoms with E-state index in [1.165, 1.54) is 0 Å². The summed E-state index contributed by atoms with van der Waals surface area (Å²) >= 11 is 0. The van der Waals surface area contributed by atoms with Gasteiger partial charge in [-0.3, -0.25) is 4.79 Å². The van der Waals surface area contributed by atoms with Gasteiger partial charge in [-0.05, 0) is 30.0 Å². The van der Waals surface area contributed by atoms with Gasteiger partial charge in [-0.1, -0.05) is 6.92 Å². The van der Waals surface area contributed by atoms with E-state index in [2.05, 4.69) is 0 Å². The molecule has 2 unspecified atom stereocenters. The predicted octanol–water partition coefficient (Wildman–Crippen LogP) is 2.33. The maximum Gasteiger partial charge on any atom is 0.314 e. The van der Waals surface area contributed by atoms with Crippen LogP contribution in [0.25, 0.3) is 0 Å². The minimum Gasteiger partial charge on any atom is -0.481 e. The Balaban J connectivity index is 2.49. The summed E-state index contributed by atoms with van der Waals surface area (Å²) in [5.74, 6) is -2.55. The number of benzene rings is 1. The lowest BCUT2D eigenvalue weighted by molar-refractivity contribution is -0.140. The second kappa shape index (κ2) is 3.02. The average molecular weight is 212 g/mol. The molecule has 1 saturated carbocycles. The van der Waals surface area contributed by atoms with E-state index < -0.39 is 23.0 Å². The highest BCUT2D eigenvalue weighted by atomic mass is 19.1. The molecule has 4 heteroatoms. The van der Waals surface area contributed by atoms with Gasteiger partial charge in [0.15, 0.2) is 0 Å². The third-order valence-electron chi connectivity index (χ3n) is 3.07. The monoisotopic (exact) mass is 212 g/mol. The Morgan fingerprint density at radius 2 is 1.87 bits per heavy atom. The smallest absolute Gasteiger partial charge is 0.314 e. The van der Waals surface area contributed by atoms with Crippen molar-refractivity contribution in [3.8, 4) is 0 Å². The largest absolute Gasteiger partial charge is 0.481 e. The highest BCUT2D eigenvalue weighted by molar-refractivity contribution is 5.85. The Bertz CT molecular complexity index is 410. The van der Waals surface area contributed by atoms with Crippen LogP contribution in [0.15, 0.2) is 18.2 Å². The average Bonchev–Trinajstić information content (AvgIpc) is 2.76. The first-order valence-electron chi connectivity index (χ1n) is 4.67. The lowest BCUT2D eigenvalue weighted by atomic mass is 9.93. The molecule has 0 aromatic heterocycles. The van der Waals surface area contributed by atoms with Gasteiger partial charge in [0.25, 0.3) is 0 Å². The molecule has 0 saturated heterocycles. The van der Waals surface area contributed by atoms with Gasteiger partial charge >= 0.3 is 5.97 Å². The third-order valence-corrected chi connectivity index (χ3v) is 3.07. The number of aliphatic carboxylic acids is 1. The molecule has 2 atom stereocenters. The first-order valence-corrected chi connectivity index (χ1v) is 4.67. The van der Waals surface area contributed by atoms with Crippen molar-refractivity contribution in [2.45, 2.75) is 18.8 Å². The topological polar surface area (TPSA) is 37.3 Å². The molecule has 1 aliphatic carbocycles. The Kier molecular flexibility index (Phi) is 2.03. The summed E-state index contributed by atoms with van der Waals surface area (Å²) in [5, 5.41) is 9.06. The van der Waals surface area contributed by atoms with Crippen molar-refractivity contribution in [1.29, 1.82) is 0 Å². The summed E-state index contributed by atoms with van der Waals surface area (Å²) in [7, 11) is 0. The molecule has 1 aliphatic rings. The molecular weight excluding hydrogens is 202 g/mol. The van der Waals surface area contributed by atoms with Crippen molar-refractivity contribution in [2.75, 3.05) is 0 Å². The minimum atomic E-state index is -1.08. The van der Waals surface area contributed by atoms with Crippen LogP contribution in [-0.4, -0.2) is 11.1 Å². The summed E-state index contributed by atoms with van der Waals surface area (Å²) in [4.78, 5) is 11.1. The molecule has 1 aromatic carbocycles. The Hall–Kier alpha value is -1.45. The quantitative estimate of drug-likeness (QED) is 0.816. The summed E-state index contributed by atoms with van der Waals surface area (Å²) in [6, 6.07) is 2.94. The van der Waals surface area contributed by atoms with Gasteiger partial charge in [0.2, 0.25) is 0 Å². The fraction of sp³-hybridized carbons (Fsp3) is 0.364. The Morgan fingerprint density at radius 3 is 2.20 bits per heavy atom. The van der Waals surface area contributed by atoms with E-state index in [0.29, 0.717) is 6.42 Å². The Morgan fingerprint density at radius 1 is 1.40 bits per heavy atom. The van der Waals surface area contributed by atoms with Gasteiger partial charge in [0.1, 0.15) is 11.6 Å². The van der Waals surface area contributed by atoms with Crippen molar-refractivity contribution in [1.82, 2.24) is 0 Å². The van der Waals surface area contributed by atoms with E-state index >= 15 is 0 Å². The number of carbonyl (C=O) groups is 1. The van der Waals surface area contributed by atoms with Crippen LogP contribution in [0, 0.1) is 17.6 Å². The van der Waals surface area contributed by atoms with Crippen molar-refractivity contribution < 1.29 is 18.7 Å². The minimum absolute atomic E-state index is 0.0730. The van der Waals surface area contributed by atoms with Gasteiger partial charge in [-0.15, -0.1) is 0 Å². The van der Waals surface area contributed by atoms with E-state index in [1.807, 2.05) is 0 Å². The van der Waals surface area contributed by atoms with Crippen LogP contribution in [0.2, 0.25) is 0 Å². The molecule has 1 N–H and O–H groups in total. The first kappa shape index (κ1) is 10.1. The lowest BCUT2D eigenvalue weighted by Gasteiger charge is -2.11. The van der Waals surface area contributed by atoms with Gasteiger partial charge in [-0.2, -0.15) is 0 Å². The molecule has 15 heavy (non-hydrogen) atoms. The van der Waals surface area contributed by atoms with E-state index in [9.17, 15) is 13.6 Å². The molecule has 2 rings (SSSR count). The molecule has 0 aliphatic heterocycles. The van der Waals surface area contributed by atoms with Crippen LogP contribution in [0.4, 0.5) is 8.78 Å². The van der Waals surface area contributed by atoms with E-state index in [0.717, 1.165) is 18.2 Å². The van der Waals surface area contributed by atoms with E-state index in [1.54, 1.807) is 6.92 Å². The highest BCUT2D eigenvalue weighted by Crippen LogP contribution is 2.54. The Labute approximate surface area is 85.5 Å². The van der Waals surface area contributed by atoms with Crippen molar-refractivity contribution in [3.63, 3.8) is 0 Å². The molecule has 1 fully saturated rings. The lowest BCUT2D eigenvalue weighted by Crippen LogP contribution is -2.22. The third kappa shape index (κ3) is 1.40. The van der Waals surface area contributed by atoms with Gasteiger partial charge < -0.3 is 5.11 Å². The maximum atomic E-state index is 12.9. The standard InChI is InChI=1S/C11H10F2O2/c1-6-5-11(6,10(14)15)7-2-8(12)4-9(13)3-7/h2-4,6H,5H2,1H3,(H,14,15). The zero-order valence-electron chi connectivity index (χ0n) is 8.13. The number of hydrogen-bond donors (Lipinski definition) is 1. The van der Waals surface area contributed by atoms with E-state index in [-0.39, 0.29) is 11.5 Å². The SMILES string of the molecule is CC1CC1(C(=O)O)c1cc(F)cc(F)c1. The van der Waals surface area contributed by atoms with Crippen molar-refractivity contribution in [2.24, 2.45) is 5.92 Å². The highest BCUT2D eigenvalue weighted by Gasteiger charge is 2.59. The molecule has 2 nitrogen and oxygen atoms in total. The molecule has 0 heterocycles. The number of carboxylic acid groups (broad SMARTS) is 1. The van der Waals surface area contributed by atoms with Crippen LogP contribution < -0.4 is 0 Å². The molecular formula is C11H10F2O2. The second-order valence-corrected chi connectivity index (χ2v) is 4.04. The van der Waals surface area contributed by atoms with E-state index in [4.69, 9.17) is 5.11 Å². The molecule has 0 bridgehead atoms. The maximum absolute atomic E-state index is 12.9. The fourth-order valence-corrected chi connectivity index (χ4v) is 2.06. The van der Waals surface area contributed by atoms with Gasteiger partial charge in [0.05, 0.1) is 5.41 Å². The number of rotatable bonds is 2. The van der Waals surface area contributed by atoms with Gasteiger partial charge in [0, 0.05) is 6.07 Å².